The van der Waals surface area contributed by atoms with E-state index in [4.69, 9.17) is 9.47 Å². The standard InChI is InChI=1S/C20H16BrNO5S/c1-2-26-18(23)12-27-16-9-8-13(10-15(16)21)11-17-19(24)22(20(25)28-17)14-6-4-3-5-7-14/h3-11H,2,12H2,1H3/b17-11-. The fourth-order valence-electron chi connectivity index (χ4n) is 2.48. The Bertz CT molecular complexity index is 945. The molecule has 0 aliphatic carbocycles. The maximum absolute atomic E-state index is 12.6. The number of amides is 2. The molecule has 0 radical (unpaired) electrons. The highest BCUT2D eigenvalue weighted by Crippen LogP contribution is 2.36. The molecule has 1 aliphatic heterocycles. The summed E-state index contributed by atoms with van der Waals surface area (Å²) >= 11 is 4.28. The minimum atomic E-state index is -0.451. The van der Waals surface area contributed by atoms with Gasteiger partial charge in [0.25, 0.3) is 11.1 Å². The Morgan fingerprint density at radius 3 is 2.61 bits per heavy atom. The molecule has 0 bridgehead atoms. The zero-order chi connectivity index (χ0) is 20.1. The summed E-state index contributed by atoms with van der Waals surface area (Å²) in [5, 5.41) is -0.337. The first-order valence-electron chi connectivity index (χ1n) is 8.40. The molecule has 0 atom stereocenters. The number of carbonyl (C=O) groups excluding carboxylic acids is 3. The van der Waals surface area contributed by atoms with Crippen LogP contribution in [0, 0.1) is 0 Å². The maximum atomic E-state index is 12.6. The highest BCUT2D eigenvalue weighted by atomic mass is 79.9. The highest BCUT2D eigenvalue weighted by molar-refractivity contribution is 9.10. The van der Waals surface area contributed by atoms with Gasteiger partial charge in [-0.25, -0.2) is 9.69 Å². The minimum absolute atomic E-state index is 0.193. The second kappa shape index (κ2) is 9.07. The van der Waals surface area contributed by atoms with Crippen molar-refractivity contribution in [3.63, 3.8) is 0 Å². The van der Waals surface area contributed by atoms with Crippen molar-refractivity contribution in [1.29, 1.82) is 0 Å². The van der Waals surface area contributed by atoms with Crippen LogP contribution in [0.1, 0.15) is 12.5 Å². The van der Waals surface area contributed by atoms with Gasteiger partial charge < -0.3 is 9.47 Å². The van der Waals surface area contributed by atoms with E-state index in [1.165, 1.54) is 0 Å². The molecular formula is C20H16BrNO5S. The third kappa shape index (κ3) is 4.63. The smallest absolute Gasteiger partial charge is 0.344 e. The van der Waals surface area contributed by atoms with E-state index in [1.54, 1.807) is 55.5 Å². The number of hydrogen-bond acceptors (Lipinski definition) is 6. The lowest BCUT2D eigenvalue weighted by molar-refractivity contribution is -0.145. The minimum Gasteiger partial charge on any atom is -0.481 e. The first-order chi connectivity index (χ1) is 13.5. The van der Waals surface area contributed by atoms with Crippen LogP contribution < -0.4 is 9.64 Å². The predicted molar refractivity (Wildman–Crippen MR) is 111 cm³/mol. The van der Waals surface area contributed by atoms with Gasteiger partial charge in [-0.05, 0) is 70.5 Å². The van der Waals surface area contributed by atoms with Gasteiger partial charge in [-0.2, -0.15) is 0 Å². The summed E-state index contributed by atoms with van der Waals surface area (Å²) in [4.78, 5) is 37.8. The molecule has 0 N–H and O–H groups in total. The number of benzene rings is 2. The molecule has 2 aromatic carbocycles. The number of hydrogen-bond donors (Lipinski definition) is 0. The van der Waals surface area contributed by atoms with E-state index in [0.717, 1.165) is 16.7 Å². The number of esters is 1. The van der Waals surface area contributed by atoms with E-state index in [0.29, 0.717) is 33.0 Å². The van der Waals surface area contributed by atoms with E-state index in [-0.39, 0.29) is 17.8 Å². The van der Waals surface area contributed by atoms with Crippen molar-refractivity contribution >= 4 is 56.6 Å². The second-order valence-electron chi connectivity index (χ2n) is 5.64. The average molecular weight is 462 g/mol. The molecule has 0 saturated carbocycles. The zero-order valence-electron chi connectivity index (χ0n) is 14.9. The van der Waals surface area contributed by atoms with Crippen molar-refractivity contribution in [3.05, 3.63) is 63.5 Å². The second-order valence-corrected chi connectivity index (χ2v) is 7.48. The number of para-hydroxylation sites is 1. The van der Waals surface area contributed by atoms with Crippen LogP contribution in [0.2, 0.25) is 0 Å². The lowest BCUT2D eigenvalue weighted by atomic mass is 10.2. The lowest BCUT2D eigenvalue weighted by Crippen LogP contribution is -2.27. The van der Waals surface area contributed by atoms with E-state index in [2.05, 4.69) is 15.9 Å². The predicted octanol–water partition coefficient (Wildman–Crippen LogP) is 4.63. The molecule has 3 rings (SSSR count). The molecular weight excluding hydrogens is 446 g/mol. The molecule has 28 heavy (non-hydrogen) atoms. The number of ether oxygens (including phenoxy) is 2. The van der Waals surface area contributed by atoms with Gasteiger partial charge in [0.15, 0.2) is 6.61 Å². The van der Waals surface area contributed by atoms with Gasteiger partial charge in [0.05, 0.1) is 21.7 Å². The molecule has 8 heteroatoms. The number of thioether (sulfide) groups is 1. The number of anilines is 1. The molecule has 1 heterocycles. The molecule has 6 nitrogen and oxygen atoms in total. The van der Waals surface area contributed by atoms with E-state index in [1.807, 2.05) is 6.07 Å². The number of rotatable bonds is 6. The third-order valence-electron chi connectivity index (χ3n) is 3.71. The zero-order valence-corrected chi connectivity index (χ0v) is 17.3. The first-order valence-corrected chi connectivity index (χ1v) is 10.0. The molecule has 1 saturated heterocycles. The fourth-order valence-corrected chi connectivity index (χ4v) is 3.83. The molecule has 144 valence electrons. The van der Waals surface area contributed by atoms with Crippen molar-refractivity contribution in [2.45, 2.75) is 6.92 Å². The van der Waals surface area contributed by atoms with Crippen LogP contribution in [-0.2, 0) is 14.3 Å². The summed E-state index contributed by atoms with van der Waals surface area (Å²) in [5.41, 5.74) is 1.26. The van der Waals surface area contributed by atoms with E-state index < -0.39 is 5.97 Å². The van der Waals surface area contributed by atoms with Gasteiger partial charge in [0.2, 0.25) is 0 Å². The maximum Gasteiger partial charge on any atom is 0.344 e. The summed E-state index contributed by atoms with van der Waals surface area (Å²) in [6.07, 6.45) is 1.65. The van der Waals surface area contributed by atoms with Gasteiger partial charge in [-0.15, -0.1) is 0 Å². The molecule has 2 aromatic rings. The van der Waals surface area contributed by atoms with E-state index >= 15 is 0 Å². The van der Waals surface area contributed by atoms with Crippen molar-refractivity contribution in [2.24, 2.45) is 0 Å². The molecule has 0 aromatic heterocycles. The Kier molecular flexibility index (Phi) is 6.53. The molecule has 0 spiro atoms. The van der Waals surface area contributed by atoms with Crippen LogP contribution in [0.3, 0.4) is 0 Å². The largest absolute Gasteiger partial charge is 0.481 e. The molecule has 1 aliphatic rings. The number of halogens is 1. The summed E-state index contributed by atoms with van der Waals surface area (Å²) < 4.78 is 10.8. The van der Waals surface area contributed by atoms with Crippen LogP contribution in [-0.4, -0.2) is 30.3 Å². The summed E-state index contributed by atoms with van der Waals surface area (Å²) in [7, 11) is 0. The SMILES string of the molecule is CCOC(=O)COc1ccc(/C=C2\SC(=O)N(c3ccccc3)C2=O)cc1Br. The first kappa shape index (κ1) is 20.2. The average Bonchev–Trinajstić information content (AvgIpc) is 2.95. The molecule has 2 amide bonds. The number of carbonyl (C=O) groups is 3. The van der Waals surface area contributed by atoms with Crippen LogP contribution in [0.5, 0.6) is 5.75 Å². The van der Waals surface area contributed by atoms with Gasteiger partial charge >= 0.3 is 5.97 Å². The van der Waals surface area contributed by atoms with Crippen LogP contribution in [0.4, 0.5) is 10.5 Å². The van der Waals surface area contributed by atoms with Crippen molar-refractivity contribution < 1.29 is 23.9 Å². The third-order valence-corrected chi connectivity index (χ3v) is 5.20. The summed E-state index contributed by atoms with van der Waals surface area (Å²) in [6.45, 7) is 1.82. The van der Waals surface area contributed by atoms with Crippen molar-refractivity contribution in [1.82, 2.24) is 0 Å². The fraction of sp³-hybridized carbons (Fsp3) is 0.150. The van der Waals surface area contributed by atoms with Crippen molar-refractivity contribution in [2.75, 3.05) is 18.1 Å². The molecule has 1 fully saturated rings. The van der Waals surface area contributed by atoms with Crippen LogP contribution in [0.15, 0.2) is 57.9 Å². The van der Waals surface area contributed by atoms with Crippen molar-refractivity contribution in [3.8, 4) is 5.75 Å². The Morgan fingerprint density at radius 1 is 1.18 bits per heavy atom. The van der Waals surface area contributed by atoms with Gasteiger partial charge in [0, 0.05) is 0 Å². The Hall–Kier alpha value is -2.58. The summed E-state index contributed by atoms with van der Waals surface area (Å²) in [6, 6.07) is 14.0. The van der Waals surface area contributed by atoms with E-state index in [9.17, 15) is 14.4 Å². The Labute approximate surface area is 174 Å². The van der Waals surface area contributed by atoms with Crippen LogP contribution >= 0.6 is 27.7 Å². The topological polar surface area (TPSA) is 72.9 Å². The summed E-state index contributed by atoms with van der Waals surface area (Å²) in [5.74, 6) is -0.337. The van der Waals surface area contributed by atoms with Crippen LogP contribution in [0.25, 0.3) is 6.08 Å². The lowest BCUT2D eigenvalue weighted by Gasteiger charge is -2.11. The Morgan fingerprint density at radius 2 is 1.93 bits per heavy atom. The monoisotopic (exact) mass is 461 g/mol. The van der Waals surface area contributed by atoms with Gasteiger partial charge in [-0.3, -0.25) is 9.59 Å². The Balaban J connectivity index is 1.75. The van der Waals surface area contributed by atoms with Gasteiger partial charge in [0.1, 0.15) is 5.75 Å². The number of imide groups is 1. The quantitative estimate of drug-likeness (QED) is 0.461. The normalized spacial score (nSPS) is 15.2. The molecule has 0 unspecified atom stereocenters. The van der Waals surface area contributed by atoms with Gasteiger partial charge in [-0.1, -0.05) is 24.3 Å². The number of nitrogens with zero attached hydrogens (tertiary/aromatic N) is 1. The highest BCUT2D eigenvalue weighted by Gasteiger charge is 2.36.